The van der Waals surface area contributed by atoms with Gasteiger partial charge in [0.1, 0.15) is 11.9 Å². The predicted molar refractivity (Wildman–Crippen MR) is 166 cm³/mol. The molecule has 3 rings (SSSR count). The second-order valence-electron chi connectivity index (χ2n) is 11.2. The molecule has 2 bridgehead atoms. The van der Waals surface area contributed by atoms with Crippen LogP contribution in [0.3, 0.4) is 0 Å². The van der Waals surface area contributed by atoms with E-state index in [2.05, 4.69) is 11.9 Å². The lowest BCUT2D eigenvalue weighted by atomic mass is 9.88. The van der Waals surface area contributed by atoms with Gasteiger partial charge in [0.25, 0.3) is 5.91 Å². The summed E-state index contributed by atoms with van der Waals surface area (Å²) in [5.41, 5.74) is 7.30. The number of benzene rings is 1. The number of carbonyl (C=O) groups excluding carboxylic acids is 2. The molecule has 12 nitrogen and oxygen atoms in total. The topological polar surface area (TPSA) is 175 Å². The van der Waals surface area contributed by atoms with Crippen LogP contribution < -0.4 is 16.8 Å². The molecule has 0 spiro atoms. The maximum absolute atomic E-state index is 13.1. The van der Waals surface area contributed by atoms with Gasteiger partial charge >= 0.3 is 11.8 Å². The number of nitrogens with zero attached hydrogens (tertiary/aromatic N) is 1. The Hall–Kier alpha value is -4.13. The number of aromatic hydroxyl groups is 1. The van der Waals surface area contributed by atoms with Crippen LogP contribution in [0.15, 0.2) is 63.4 Å². The van der Waals surface area contributed by atoms with E-state index in [1.54, 1.807) is 38.2 Å². The number of ether oxygens (including phenoxy) is 3. The number of anilines is 1. The summed E-state index contributed by atoms with van der Waals surface area (Å²) < 4.78 is 23.5. The molecule has 1 aliphatic rings. The number of fused-ring (bicyclic) bond motifs is 4. The van der Waals surface area contributed by atoms with Crippen LogP contribution in [0, 0.1) is 11.8 Å². The zero-order chi connectivity index (χ0) is 32.7. The van der Waals surface area contributed by atoms with Gasteiger partial charge in [-0.3, -0.25) is 9.36 Å². The van der Waals surface area contributed by atoms with Crippen LogP contribution in [0.25, 0.3) is 11.1 Å². The number of aromatic nitrogens is 1. The average Bonchev–Trinajstić information content (AvgIpc) is 3.28. The lowest BCUT2D eigenvalue weighted by molar-refractivity contribution is -0.112. The zero-order valence-corrected chi connectivity index (χ0v) is 26.0. The minimum atomic E-state index is -0.995. The summed E-state index contributed by atoms with van der Waals surface area (Å²) in [5, 5.41) is 25.4. The van der Waals surface area contributed by atoms with Crippen molar-refractivity contribution >= 4 is 28.8 Å². The lowest BCUT2D eigenvalue weighted by Crippen LogP contribution is -2.37. The fourth-order valence-electron chi connectivity index (χ4n) is 5.49. The Kier molecular flexibility index (Phi) is 11.7. The number of phenolic OH excluding ortho intramolecular Hbond substituents is 1. The van der Waals surface area contributed by atoms with Gasteiger partial charge in [0, 0.05) is 43.9 Å². The molecule has 0 fully saturated rings. The molecule has 2 amide bonds. The minimum Gasteiger partial charge on any atom is -0.505 e. The highest BCUT2D eigenvalue weighted by Crippen LogP contribution is 2.38. The molecule has 1 aromatic heterocycles. The summed E-state index contributed by atoms with van der Waals surface area (Å²) in [5.74, 6) is -1.95. The van der Waals surface area contributed by atoms with Gasteiger partial charge < -0.3 is 39.9 Å². The molecule has 1 aliphatic heterocycles. The van der Waals surface area contributed by atoms with E-state index in [0.29, 0.717) is 23.1 Å². The maximum Gasteiger partial charge on any atom is 0.420 e. The van der Waals surface area contributed by atoms with Crippen molar-refractivity contribution in [2.45, 2.75) is 71.5 Å². The number of oxazole rings is 1. The third kappa shape index (κ3) is 7.87. The number of allylic oxidation sites excluding steroid dienone is 3. The Morgan fingerprint density at radius 1 is 1.25 bits per heavy atom. The summed E-state index contributed by atoms with van der Waals surface area (Å²) in [6.45, 7) is 10.9. The molecule has 0 aliphatic carbocycles. The van der Waals surface area contributed by atoms with E-state index < -0.39 is 48.1 Å². The lowest BCUT2D eigenvalue weighted by Gasteiger charge is -2.29. The predicted octanol–water partition coefficient (Wildman–Crippen LogP) is 3.95. The van der Waals surface area contributed by atoms with Crippen molar-refractivity contribution in [2.24, 2.45) is 17.6 Å². The van der Waals surface area contributed by atoms with E-state index in [0.717, 1.165) is 0 Å². The molecule has 2 aromatic rings. The quantitative estimate of drug-likeness (QED) is 0.287. The minimum absolute atomic E-state index is 0.0697. The summed E-state index contributed by atoms with van der Waals surface area (Å²) in [6, 6.07) is 1.41. The van der Waals surface area contributed by atoms with Crippen LogP contribution in [-0.4, -0.2) is 65.4 Å². The smallest absolute Gasteiger partial charge is 0.420 e. The fraction of sp³-hybridized carbons (Fsp3) is 0.469. The average molecular weight is 614 g/mol. The molecule has 1 aromatic carbocycles. The van der Waals surface area contributed by atoms with Gasteiger partial charge in [-0.2, -0.15) is 0 Å². The number of aliphatic hydroxyl groups is 1. The molecule has 0 unspecified atom stereocenters. The van der Waals surface area contributed by atoms with Gasteiger partial charge in [-0.05, 0) is 38.2 Å². The largest absolute Gasteiger partial charge is 0.505 e. The Balaban J connectivity index is 2.19. The number of rotatable bonds is 5. The van der Waals surface area contributed by atoms with E-state index in [1.165, 1.54) is 30.9 Å². The molecule has 12 heteroatoms. The number of methoxy groups -OCH3 is 2. The summed E-state index contributed by atoms with van der Waals surface area (Å²) in [4.78, 5) is 37.6. The van der Waals surface area contributed by atoms with Crippen LogP contribution in [0.4, 0.5) is 10.5 Å². The Morgan fingerprint density at radius 2 is 1.95 bits per heavy atom. The van der Waals surface area contributed by atoms with Crippen molar-refractivity contribution in [3.05, 3.63) is 70.3 Å². The van der Waals surface area contributed by atoms with Crippen LogP contribution in [0.1, 0.15) is 39.7 Å². The third-order valence-electron chi connectivity index (χ3n) is 7.79. The first-order valence-electron chi connectivity index (χ1n) is 14.4. The highest BCUT2D eigenvalue weighted by atomic mass is 16.6. The first kappa shape index (κ1) is 34.4. The number of nitrogens with one attached hydrogen (secondary N) is 1. The van der Waals surface area contributed by atoms with Crippen LogP contribution >= 0.6 is 0 Å². The second-order valence-corrected chi connectivity index (χ2v) is 11.2. The first-order chi connectivity index (χ1) is 20.8. The molecule has 6 atom stereocenters. The molecule has 2 heterocycles. The standard InChI is InChI=1S/C32H43N3O9/c1-8-12-35-26-21-13-17(2)14-25(42-7)27(36)19(4)15-20(5)29(44-31(33)39)23(41-6)11-9-10-18(3)30(38)34-22(28(21)37)16-24(26)43-32(35)40/h8-11,15-17,19,23,25,27,29,36-37H,1,12-14H2,2-7H3,(H2,33,39)(H,34,38)/b11-9-,18-10+,20-15+/t17-,19+,23+,25+,27-,29+/m1/s1. The van der Waals surface area contributed by atoms with Crippen molar-refractivity contribution in [3.8, 4) is 5.75 Å². The third-order valence-corrected chi connectivity index (χ3v) is 7.79. The molecule has 44 heavy (non-hydrogen) atoms. The van der Waals surface area contributed by atoms with Crippen molar-refractivity contribution < 1.29 is 38.4 Å². The number of hydrogen-bond donors (Lipinski definition) is 4. The van der Waals surface area contributed by atoms with Gasteiger partial charge in [0.2, 0.25) is 0 Å². The van der Waals surface area contributed by atoms with Crippen molar-refractivity contribution in [2.75, 3.05) is 19.5 Å². The maximum atomic E-state index is 13.1. The Bertz CT molecular complexity index is 1520. The van der Waals surface area contributed by atoms with Crippen LogP contribution in [0.2, 0.25) is 0 Å². The fourth-order valence-corrected chi connectivity index (χ4v) is 5.49. The van der Waals surface area contributed by atoms with Crippen molar-refractivity contribution in [3.63, 3.8) is 0 Å². The van der Waals surface area contributed by atoms with Crippen molar-refractivity contribution in [1.29, 1.82) is 0 Å². The van der Waals surface area contributed by atoms with E-state index in [-0.39, 0.29) is 41.5 Å². The number of hydrogen-bond acceptors (Lipinski definition) is 9. The van der Waals surface area contributed by atoms with Gasteiger partial charge in [-0.15, -0.1) is 6.58 Å². The highest BCUT2D eigenvalue weighted by Gasteiger charge is 2.30. The molecule has 0 saturated carbocycles. The summed E-state index contributed by atoms with van der Waals surface area (Å²) in [7, 11) is 2.94. The Labute approximate surface area is 256 Å². The van der Waals surface area contributed by atoms with E-state index in [9.17, 15) is 24.6 Å². The zero-order valence-electron chi connectivity index (χ0n) is 26.0. The SMILES string of the molecule is C=CCn1c(=O)oc2cc3c(O)c(c21)C[C@@H](C)C[C@H](OC)[C@H](O)[C@@H](C)/C=C(\C)[C@H](OC(N)=O)[C@@H](OC)/C=C\C=C(/C)C(=O)N3. The molecule has 240 valence electrons. The van der Waals surface area contributed by atoms with Crippen LogP contribution in [0.5, 0.6) is 5.75 Å². The number of amides is 2. The summed E-state index contributed by atoms with van der Waals surface area (Å²) in [6.07, 6.45) is 4.43. The van der Waals surface area contributed by atoms with Crippen LogP contribution in [-0.2, 0) is 32.0 Å². The van der Waals surface area contributed by atoms with E-state index in [1.807, 2.05) is 13.8 Å². The number of phenols is 1. The molecular weight excluding hydrogens is 570 g/mol. The molecular formula is C32H43N3O9. The second kappa shape index (κ2) is 15.0. The monoisotopic (exact) mass is 613 g/mol. The molecule has 5 N–H and O–H groups in total. The summed E-state index contributed by atoms with van der Waals surface area (Å²) >= 11 is 0. The normalized spacial score (nSPS) is 28.8. The number of primary amides is 1. The molecule has 0 saturated heterocycles. The molecule has 0 radical (unpaired) electrons. The van der Waals surface area contributed by atoms with Gasteiger partial charge in [-0.1, -0.05) is 44.2 Å². The Morgan fingerprint density at radius 3 is 2.57 bits per heavy atom. The number of aliphatic hydroxyl groups excluding tert-OH is 1. The number of carbonyl (C=O) groups is 2. The van der Waals surface area contributed by atoms with Gasteiger partial charge in [-0.25, -0.2) is 9.59 Å². The highest BCUT2D eigenvalue weighted by molar-refractivity contribution is 6.05. The van der Waals surface area contributed by atoms with E-state index >= 15 is 0 Å². The van der Waals surface area contributed by atoms with Crippen molar-refractivity contribution in [1.82, 2.24) is 4.57 Å². The first-order valence-corrected chi connectivity index (χ1v) is 14.4. The van der Waals surface area contributed by atoms with E-state index in [4.69, 9.17) is 24.4 Å². The van der Waals surface area contributed by atoms with Gasteiger partial charge in [0.15, 0.2) is 11.7 Å². The number of nitrogens with two attached hydrogens (primary N) is 1. The van der Waals surface area contributed by atoms with Gasteiger partial charge in [0.05, 0.1) is 23.4 Å².